The van der Waals surface area contributed by atoms with E-state index >= 15 is 0 Å². The number of rotatable bonds is 7. The van der Waals surface area contributed by atoms with Gasteiger partial charge in [0.05, 0.1) is 13.0 Å². The predicted molar refractivity (Wildman–Crippen MR) is 104 cm³/mol. The number of amides is 2. The molecule has 0 radical (unpaired) electrons. The summed E-state index contributed by atoms with van der Waals surface area (Å²) in [6.07, 6.45) is 7.67. The molecule has 154 valence electrons. The lowest BCUT2D eigenvalue weighted by atomic mass is 9.83. The minimum Gasteiger partial charge on any atom is -0.476 e. The molecule has 1 saturated carbocycles. The van der Waals surface area contributed by atoms with E-state index in [4.69, 9.17) is 16.6 Å². The van der Waals surface area contributed by atoms with Gasteiger partial charge >= 0.3 is 12.0 Å². The molecule has 9 nitrogen and oxygen atoms in total. The van der Waals surface area contributed by atoms with Crippen molar-refractivity contribution in [1.82, 2.24) is 20.2 Å². The lowest BCUT2D eigenvalue weighted by Gasteiger charge is -2.30. The summed E-state index contributed by atoms with van der Waals surface area (Å²) in [7, 11) is 0. The fourth-order valence-corrected chi connectivity index (χ4v) is 4.80. The Hall–Kier alpha value is -2.55. The third-order valence-corrected chi connectivity index (χ3v) is 6.29. The van der Waals surface area contributed by atoms with E-state index in [1.165, 1.54) is 0 Å². The fourth-order valence-electron chi connectivity index (χ4n) is 4.80. The third kappa shape index (κ3) is 3.99. The van der Waals surface area contributed by atoms with Gasteiger partial charge in [-0.25, -0.2) is 14.6 Å². The average molecular weight is 390 g/mol. The van der Waals surface area contributed by atoms with Gasteiger partial charge in [0.15, 0.2) is 5.69 Å². The van der Waals surface area contributed by atoms with Crippen molar-refractivity contribution in [2.45, 2.75) is 45.2 Å². The summed E-state index contributed by atoms with van der Waals surface area (Å²) >= 11 is 0. The number of carbonyl (C=O) groups is 2. The van der Waals surface area contributed by atoms with Crippen LogP contribution in [0.2, 0.25) is 0 Å². The van der Waals surface area contributed by atoms with Crippen LogP contribution in [0.5, 0.6) is 0 Å². The first kappa shape index (κ1) is 20.2. The number of carboxylic acids is 1. The van der Waals surface area contributed by atoms with Gasteiger partial charge in [0, 0.05) is 29.9 Å². The quantitative estimate of drug-likeness (QED) is 0.443. The second-order valence-electron chi connectivity index (χ2n) is 7.83. The summed E-state index contributed by atoms with van der Waals surface area (Å²) in [5.74, 6) is 0.398. The number of imidazole rings is 1. The maximum atomic E-state index is 11.9. The molecule has 1 aromatic heterocycles. The third-order valence-electron chi connectivity index (χ3n) is 6.29. The van der Waals surface area contributed by atoms with Crippen molar-refractivity contribution in [3.05, 3.63) is 30.0 Å². The maximum Gasteiger partial charge on any atom is 0.356 e. The van der Waals surface area contributed by atoms with Gasteiger partial charge < -0.3 is 31.8 Å². The molecule has 1 fully saturated rings. The molecular weight excluding hydrogens is 360 g/mol. The molecule has 1 heterocycles. The minimum absolute atomic E-state index is 0.0536. The zero-order chi connectivity index (χ0) is 20.4. The van der Waals surface area contributed by atoms with Crippen LogP contribution in [0.25, 0.3) is 0 Å². The standard InChI is InChI=1S/C19H30N6O3/c1-3-14(24-19(28)22-8-20)17-10(2)16(17)12-6-11(4-5-13(12)21)25-7-15(18(26)27)23-9-25/h5,7,9-12,14,16-17H,3-4,6,8,20-21H2,1-2H3,(H,26,27)(H2,22,24,28). The van der Waals surface area contributed by atoms with E-state index in [2.05, 4.69) is 35.5 Å². The van der Waals surface area contributed by atoms with Crippen LogP contribution in [0.15, 0.2) is 24.3 Å². The van der Waals surface area contributed by atoms with E-state index in [-0.39, 0.29) is 36.4 Å². The Morgan fingerprint density at radius 1 is 1.46 bits per heavy atom. The summed E-state index contributed by atoms with van der Waals surface area (Å²) in [6, 6.07) is -0.0247. The van der Waals surface area contributed by atoms with Crippen LogP contribution >= 0.6 is 0 Å². The van der Waals surface area contributed by atoms with Crippen molar-refractivity contribution in [1.29, 1.82) is 0 Å². The van der Waals surface area contributed by atoms with Crippen LogP contribution in [0, 0.1) is 23.7 Å². The average Bonchev–Trinajstić information content (AvgIpc) is 3.07. The number of nitrogens with one attached hydrogen (secondary N) is 2. The van der Waals surface area contributed by atoms with Crippen LogP contribution in [-0.4, -0.2) is 39.4 Å². The Morgan fingerprint density at radius 3 is 2.82 bits per heavy atom. The second kappa shape index (κ2) is 8.22. The highest BCUT2D eigenvalue weighted by Crippen LogP contribution is 2.57. The van der Waals surface area contributed by atoms with Crippen molar-refractivity contribution in [2.24, 2.45) is 35.1 Å². The lowest BCUT2D eigenvalue weighted by Crippen LogP contribution is -2.45. The van der Waals surface area contributed by atoms with Gasteiger partial charge in [0.25, 0.3) is 0 Å². The number of nitrogens with two attached hydrogens (primary N) is 2. The van der Waals surface area contributed by atoms with Gasteiger partial charge in [0.2, 0.25) is 0 Å². The Morgan fingerprint density at radius 2 is 2.21 bits per heavy atom. The van der Waals surface area contributed by atoms with E-state index in [1.807, 2.05) is 4.57 Å². The Kier molecular flexibility index (Phi) is 5.93. The molecule has 2 aliphatic rings. The maximum absolute atomic E-state index is 11.9. The molecule has 28 heavy (non-hydrogen) atoms. The fraction of sp³-hybridized carbons (Fsp3) is 0.632. The molecule has 2 aliphatic carbocycles. The van der Waals surface area contributed by atoms with Crippen LogP contribution in [-0.2, 0) is 0 Å². The van der Waals surface area contributed by atoms with Gasteiger partial charge in [-0.15, -0.1) is 0 Å². The van der Waals surface area contributed by atoms with Gasteiger partial charge in [-0.1, -0.05) is 19.9 Å². The van der Waals surface area contributed by atoms with Crippen LogP contribution < -0.4 is 22.1 Å². The molecule has 3 rings (SSSR count). The van der Waals surface area contributed by atoms with Gasteiger partial charge in [-0.2, -0.15) is 0 Å². The molecule has 0 aliphatic heterocycles. The first-order valence-electron chi connectivity index (χ1n) is 9.84. The first-order chi connectivity index (χ1) is 13.4. The predicted octanol–water partition coefficient (Wildman–Crippen LogP) is 1.25. The van der Waals surface area contributed by atoms with Crippen molar-refractivity contribution < 1.29 is 14.7 Å². The molecule has 1 aromatic rings. The number of aromatic nitrogens is 2. The highest BCUT2D eigenvalue weighted by atomic mass is 16.4. The monoisotopic (exact) mass is 390 g/mol. The minimum atomic E-state index is -1.02. The molecule has 0 saturated heterocycles. The van der Waals surface area contributed by atoms with Crippen LogP contribution in [0.4, 0.5) is 4.79 Å². The van der Waals surface area contributed by atoms with E-state index in [1.54, 1.807) is 12.5 Å². The number of carbonyl (C=O) groups excluding carboxylic acids is 1. The molecule has 0 aromatic carbocycles. The molecule has 0 spiro atoms. The molecule has 9 heteroatoms. The van der Waals surface area contributed by atoms with E-state index in [9.17, 15) is 9.59 Å². The summed E-state index contributed by atoms with van der Waals surface area (Å²) in [5.41, 5.74) is 12.7. The number of allylic oxidation sites excluding steroid dienone is 2. The number of urea groups is 1. The summed E-state index contributed by atoms with van der Waals surface area (Å²) in [6.45, 7) is 4.38. The number of aromatic carboxylic acids is 1. The highest BCUT2D eigenvalue weighted by molar-refractivity contribution is 5.84. The Labute approximate surface area is 164 Å². The Balaban J connectivity index is 1.69. The van der Waals surface area contributed by atoms with E-state index in [0.717, 1.165) is 25.0 Å². The van der Waals surface area contributed by atoms with Gasteiger partial charge in [0.1, 0.15) is 0 Å². The highest BCUT2D eigenvalue weighted by Gasteiger charge is 2.55. The van der Waals surface area contributed by atoms with Gasteiger partial charge in [-0.3, -0.25) is 0 Å². The summed E-state index contributed by atoms with van der Waals surface area (Å²) in [5, 5.41) is 14.7. The van der Waals surface area contributed by atoms with Crippen molar-refractivity contribution in [2.75, 3.05) is 6.67 Å². The largest absolute Gasteiger partial charge is 0.476 e. The van der Waals surface area contributed by atoms with Crippen molar-refractivity contribution in [3.63, 3.8) is 0 Å². The molecular formula is C19H30N6O3. The smallest absolute Gasteiger partial charge is 0.356 e. The number of carboxylic acid groups (broad SMARTS) is 1. The van der Waals surface area contributed by atoms with Crippen molar-refractivity contribution in [3.8, 4) is 0 Å². The molecule has 2 amide bonds. The number of nitrogens with zero attached hydrogens (tertiary/aromatic N) is 2. The second-order valence-corrected chi connectivity index (χ2v) is 7.83. The first-order valence-corrected chi connectivity index (χ1v) is 9.84. The van der Waals surface area contributed by atoms with Gasteiger partial charge in [-0.05, 0) is 37.0 Å². The van der Waals surface area contributed by atoms with Crippen LogP contribution in [0.3, 0.4) is 0 Å². The number of hydrogen-bond donors (Lipinski definition) is 5. The van der Waals surface area contributed by atoms with Crippen LogP contribution in [0.1, 0.15) is 49.6 Å². The SMILES string of the molecule is CCC(NC(=O)NCN)C1C(C)C1C1CC(n2cnc(C(=O)O)c2)CC=C1N. The Bertz CT molecular complexity index is 761. The molecule has 6 atom stereocenters. The molecule has 6 unspecified atom stereocenters. The summed E-state index contributed by atoms with van der Waals surface area (Å²) in [4.78, 5) is 27.0. The number of hydrogen-bond acceptors (Lipinski definition) is 5. The van der Waals surface area contributed by atoms with Crippen molar-refractivity contribution >= 4 is 12.0 Å². The normalized spacial score (nSPS) is 30.2. The topological polar surface area (TPSA) is 148 Å². The zero-order valence-electron chi connectivity index (χ0n) is 16.3. The van der Waals surface area contributed by atoms with E-state index in [0.29, 0.717) is 17.8 Å². The molecule has 7 N–H and O–H groups in total. The molecule has 0 bridgehead atoms. The lowest BCUT2D eigenvalue weighted by molar-refractivity contribution is 0.0691. The summed E-state index contributed by atoms with van der Waals surface area (Å²) < 4.78 is 1.88. The zero-order valence-corrected chi connectivity index (χ0v) is 16.3. The van der Waals surface area contributed by atoms with E-state index < -0.39 is 5.97 Å².